The molecule has 0 aliphatic carbocycles. The highest BCUT2D eigenvalue weighted by atomic mass is 16.5. The van der Waals surface area contributed by atoms with Gasteiger partial charge in [0.2, 0.25) is 0 Å². The van der Waals surface area contributed by atoms with Gasteiger partial charge in [0.15, 0.2) is 0 Å². The Balaban J connectivity index is 1.84. The van der Waals surface area contributed by atoms with E-state index in [1.165, 1.54) is 36.3 Å². The first-order valence-electron chi connectivity index (χ1n) is 6.74. The smallest absolute Gasteiger partial charge is 0.337 e. The zero-order valence-electron chi connectivity index (χ0n) is 11.9. The number of amides is 2. The van der Waals surface area contributed by atoms with Crippen LogP contribution in [-0.2, 0) is 11.3 Å². The van der Waals surface area contributed by atoms with E-state index in [1.54, 1.807) is 12.1 Å². The van der Waals surface area contributed by atoms with Crippen LogP contribution in [0.15, 0.2) is 48.5 Å². The highest BCUT2D eigenvalue weighted by molar-refractivity contribution is 6.12. The molecule has 0 N–H and O–H groups in total. The molecule has 0 aromatic heterocycles. The number of benzene rings is 2. The maximum atomic E-state index is 12.5. The molecule has 0 spiro atoms. The number of esters is 1. The fourth-order valence-corrected chi connectivity index (χ4v) is 2.44. The summed E-state index contributed by atoms with van der Waals surface area (Å²) in [7, 11) is 1.29. The molecule has 2 aromatic carbocycles. The summed E-state index contributed by atoms with van der Waals surface area (Å²) in [4.78, 5) is 37.3. The molecule has 0 radical (unpaired) electrons. The Kier molecular flexibility index (Phi) is 3.47. The quantitative estimate of drug-likeness (QED) is 0.630. The monoisotopic (exact) mass is 295 g/mol. The van der Waals surface area contributed by atoms with E-state index < -0.39 is 5.97 Å². The maximum absolute atomic E-state index is 12.5. The lowest BCUT2D eigenvalue weighted by Gasteiger charge is -2.13. The first-order chi connectivity index (χ1) is 10.6. The molecule has 2 aromatic rings. The standard InChI is InChI=1S/C17H13NO4/c1-22-17(21)12-8-6-11(7-9-12)15(19)18-10-13-4-2-3-5-14(13)16(18)20/h2-9H,10H2,1H3. The van der Waals surface area contributed by atoms with Crippen molar-refractivity contribution in [2.75, 3.05) is 7.11 Å². The molecule has 0 atom stereocenters. The van der Waals surface area contributed by atoms with E-state index in [-0.39, 0.29) is 18.4 Å². The SMILES string of the molecule is COC(=O)c1ccc(C(=O)N2Cc3ccccc3C2=O)cc1. The molecule has 1 aliphatic rings. The summed E-state index contributed by atoms with van der Waals surface area (Å²) in [6.07, 6.45) is 0. The molecule has 2 amide bonds. The number of hydrogen-bond donors (Lipinski definition) is 0. The van der Waals surface area contributed by atoms with Crippen LogP contribution in [0.1, 0.15) is 36.6 Å². The molecule has 22 heavy (non-hydrogen) atoms. The molecule has 0 unspecified atom stereocenters. The highest BCUT2D eigenvalue weighted by Crippen LogP contribution is 2.24. The summed E-state index contributed by atoms with van der Waals surface area (Å²) in [6, 6.07) is 13.2. The van der Waals surface area contributed by atoms with Gasteiger partial charge in [-0.15, -0.1) is 0 Å². The third-order valence-corrected chi connectivity index (χ3v) is 3.62. The van der Waals surface area contributed by atoms with Crippen LogP contribution in [0.2, 0.25) is 0 Å². The summed E-state index contributed by atoms with van der Waals surface area (Å²) in [6.45, 7) is 0.270. The average Bonchev–Trinajstić information content (AvgIpc) is 2.91. The van der Waals surface area contributed by atoms with Gasteiger partial charge in [0.1, 0.15) is 0 Å². The van der Waals surface area contributed by atoms with Crippen LogP contribution < -0.4 is 0 Å². The molecule has 110 valence electrons. The molecule has 5 nitrogen and oxygen atoms in total. The Bertz CT molecular complexity index is 764. The van der Waals surface area contributed by atoms with E-state index in [4.69, 9.17) is 0 Å². The Labute approximate surface area is 127 Å². The summed E-state index contributed by atoms with van der Waals surface area (Å²) < 4.78 is 4.61. The second-order valence-electron chi connectivity index (χ2n) is 4.92. The largest absolute Gasteiger partial charge is 0.465 e. The van der Waals surface area contributed by atoms with Gasteiger partial charge in [0.05, 0.1) is 19.2 Å². The molecule has 0 bridgehead atoms. The Morgan fingerprint density at radius 2 is 1.64 bits per heavy atom. The van der Waals surface area contributed by atoms with Crippen molar-refractivity contribution in [3.63, 3.8) is 0 Å². The molecule has 0 saturated heterocycles. The molecular weight excluding hydrogens is 282 g/mol. The topological polar surface area (TPSA) is 63.7 Å². The first-order valence-corrected chi connectivity index (χ1v) is 6.74. The molecule has 1 heterocycles. The Morgan fingerprint density at radius 1 is 1.00 bits per heavy atom. The minimum Gasteiger partial charge on any atom is -0.465 e. The highest BCUT2D eigenvalue weighted by Gasteiger charge is 2.32. The second-order valence-corrected chi connectivity index (χ2v) is 4.92. The van der Waals surface area contributed by atoms with Crippen LogP contribution >= 0.6 is 0 Å². The number of methoxy groups -OCH3 is 1. The molecule has 5 heteroatoms. The van der Waals surface area contributed by atoms with Gasteiger partial charge in [-0.1, -0.05) is 18.2 Å². The number of fused-ring (bicyclic) bond motifs is 1. The van der Waals surface area contributed by atoms with Crippen molar-refractivity contribution in [3.8, 4) is 0 Å². The average molecular weight is 295 g/mol. The number of imide groups is 1. The van der Waals surface area contributed by atoms with Crippen molar-refractivity contribution in [2.24, 2.45) is 0 Å². The van der Waals surface area contributed by atoms with Gasteiger partial charge in [-0.05, 0) is 35.9 Å². The molecule has 0 fully saturated rings. The number of carbonyl (C=O) groups excluding carboxylic acids is 3. The van der Waals surface area contributed by atoms with Crippen LogP contribution in [0.5, 0.6) is 0 Å². The minimum atomic E-state index is -0.469. The first kappa shape index (κ1) is 14.0. The van der Waals surface area contributed by atoms with Crippen molar-refractivity contribution in [3.05, 3.63) is 70.8 Å². The number of ether oxygens (including phenoxy) is 1. The van der Waals surface area contributed by atoms with Crippen molar-refractivity contribution in [1.82, 2.24) is 4.90 Å². The predicted molar refractivity (Wildman–Crippen MR) is 78.4 cm³/mol. The van der Waals surface area contributed by atoms with Gasteiger partial charge in [0.25, 0.3) is 11.8 Å². The van der Waals surface area contributed by atoms with Crippen LogP contribution in [0, 0.1) is 0 Å². The van der Waals surface area contributed by atoms with Crippen LogP contribution in [0.3, 0.4) is 0 Å². The van der Waals surface area contributed by atoms with E-state index >= 15 is 0 Å². The lowest BCUT2D eigenvalue weighted by Crippen LogP contribution is -2.31. The van der Waals surface area contributed by atoms with Gasteiger partial charge in [-0.2, -0.15) is 0 Å². The van der Waals surface area contributed by atoms with Crippen LogP contribution in [-0.4, -0.2) is 29.8 Å². The summed E-state index contributed by atoms with van der Waals surface area (Å²) in [5.74, 6) is -1.14. The number of nitrogens with zero attached hydrogens (tertiary/aromatic N) is 1. The molecule has 1 aliphatic heterocycles. The fraction of sp³-hybridized carbons (Fsp3) is 0.118. The molecular formula is C17H13NO4. The van der Waals surface area contributed by atoms with Gasteiger partial charge < -0.3 is 4.74 Å². The van der Waals surface area contributed by atoms with Crippen molar-refractivity contribution < 1.29 is 19.1 Å². The normalized spacial score (nSPS) is 13.0. The van der Waals surface area contributed by atoms with E-state index in [0.717, 1.165) is 5.56 Å². The predicted octanol–water partition coefficient (Wildman–Crippen LogP) is 2.27. The molecule has 3 rings (SSSR count). The van der Waals surface area contributed by atoms with Crippen LogP contribution in [0.4, 0.5) is 0 Å². The number of rotatable bonds is 2. The maximum Gasteiger partial charge on any atom is 0.337 e. The second kappa shape index (κ2) is 5.44. The molecule has 0 saturated carbocycles. The Morgan fingerprint density at radius 3 is 2.27 bits per heavy atom. The zero-order valence-corrected chi connectivity index (χ0v) is 11.9. The summed E-state index contributed by atoms with van der Waals surface area (Å²) in [5.41, 5.74) is 2.11. The lowest BCUT2D eigenvalue weighted by atomic mass is 10.1. The van der Waals surface area contributed by atoms with E-state index in [9.17, 15) is 14.4 Å². The number of carbonyl (C=O) groups is 3. The zero-order chi connectivity index (χ0) is 15.7. The third-order valence-electron chi connectivity index (χ3n) is 3.62. The van der Waals surface area contributed by atoms with Crippen molar-refractivity contribution >= 4 is 17.8 Å². The van der Waals surface area contributed by atoms with Gasteiger partial charge in [-0.25, -0.2) is 4.79 Å². The van der Waals surface area contributed by atoms with Gasteiger partial charge in [0, 0.05) is 11.1 Å². The summed E-state index contributed by atoms with van der Waals surface area (Å²) >= 11 is 0. The van der Waals surface area contributed by atoms with Crippen LogP contribution in [0.25, 0.3) is 0 Å². The lowest BCUT2D eigenvalue weighted by molar-refractivity contribution is 0.0594. The number of hydrogen-bond acceptors (Lipinski definition) is 4. The Hall–Kier alpha value is -2.95. The van der Waals surface area contributed by atoms with E-state index in [0.29, 0.717) is 16.7 Å². The van der Waals surface area contributed by atoms with Crippen molar-refractivity contribution in [2.45, 2.75) is 6.54 Å². The van der Waals surface area contributed by atoms with E-state index in [1.807, 2.05) is 12.1 Å². The van der Waals surface area contributed by atoms with Gasteiger partial charge >= 0.3 is 5.97 Å². The van der Waals surface area contributed by atoms with E-state index in [2.05, 4.69) is 4.74 Å². The van der Waals surface area contributed by atoms with Crippen molar-refractivity contribution in [1.29, 1.82) is 0 Å². The fourth-order valence-electron chi connectivity index (χ4n) is 2.44. The van der Waals surface area contributed by atoms with Gasteiger partial charge in [-0.3, -0.25) is 14.5 Å². The minimum absolute atomic E-state index is 0.270. The summed E-state index contributed by atoms with van der Waals surface area (Å²) in [5, 5.41) is 0. The third kappa shape index (κ3) is 2.26.